The zero-order chi connectivity index (χ0) is 12.9. The van der Waals surface area contributed by atoms with Crippen molar-refractivity contribution in [1.82, 2.24) is 9.71 Å². The van der Waals surface area contributed by atoms with Crippen LogP contribution in [0.3, 0.4) is 0 Å². The second kappa shape index (κ2) is 6.08. The Balaban J connectivity index is 2.76. The molecular weight excluding hydrogens is 264 g/mol. The minimum atomic E-state index is -3.75. The summed E-state index contributed by atoms with van der Waals surface area (Å²) in [5.74, 6) is -1.33. The van der Waals surface area contributed by atoms with Crippen LogP contribution >= 0.6 is 11.3 Å². The Hall–Kier alpha value is -0.990. The average Bonchev–Trinajstić information content (AvgIpc) is 2.74. The number of unbranched alkanes of at least 4 members (excludes halogenated alkanes) is 2. The van der Waals surface area contributed by atoms with Crippen LogP contribution in [-0.4, -0.2) is 31.0 Å². The van der Waals surface area contributed by atoms with Gasteiger partial charge in [-0.05, 0) is 6.42 Å². The van der Waals surface area contributed by atoms with Crippen molar-refractivity contribution in [3.63, 3.8) is 0 Å². The van der Waals surface area contributed by atoms with Gasteiger partial charge in [0.15, 0.2) is 9.90 Å². The highest BCUT2D eigenvalue weighted by Gasteiger charge is 2.24. The third-order valence-corrected chi connectivity index (χ3v) is 4.88. The Kier molecular flexibility index (Phi) is 5.03. The van der Waals surface area contributed by atoms with E-state index in [1.54, 1.807) is 0 Å². The summed E-state index contributed by atoms with van der Waals surface area (Å²) >= 11 is 0.806. The number of nitrogens with zero attached hydrogens (tertiary/aromatic N) is 1. The lowest BCUT2D eigenvalue weighted by atomic mass is 10.3. The van der Waals surface area contributed by atoms with Crippen LogP contribution < -0.4 is 4.72 Å². The Morgan fingerprint density at radius 3 is 2.82 bits per heavy atom. The molecule has 1 rings (SSSR count). The summed E-state index contributed by atoms with van der Waals surface area (Å²) in [5, 5.41) is 8.78. The van der Waals surface area contributed by atoms with Crippen molar-refractivity contribution < 1.29 is 18.3 Å². The molecular formula is C9H14N2O4S2. The third kappa shape index (κ3) is 3.76. The maximum absolute atomic E-state index is 11.8. The molecule has 0 bridgehead atoms. The fraction of sp³-hybridized carbons (Fsp3) is 0.556. The van der Waals surface area contributed by atoms with Crippen LogP contribution in [0.1, 0.15) is 36.7 Å². The van der Waals surface area contributed by atoms with Crippen molar-refractivity contribution >= 4 is 27.3 Å². The molecule has 2 N–H and O–H groups in total. The van der Waals surface area contributed by atoms with Crippen LogP contribution in [0.2, 0.25) is 0 Å². The molecule has 0 aliphatic carbocycles. The first-order valence-electron chi connectivity index (χ1n) is 5.15. The van der Waals surface area contributed by atoms with E-state index in [9.17, 15) is 13.2 Å². The lowest BCUT2D eigenvalue weighted by Gasteiger charge is -2.04. The zero-order valence-electron chi connectivity index (χ0n) is 9.34. The molecule has 0 saturated carbocycles. The van der Waals surface area contributed by atoms with Gasteiger partial charge in [-0.3, -0.25) is 0 Å². The predicted octanol–water partition coefficient (Wildman–Crippen LogP) is 1.31. The topological polar surface area (TPSA) is 96.4 Å². The lowest BCUT2D eigenvalue weighted by Crippen LogP contribution is -2.25. The first-order valence-corrected chi connectivity index (χ1v) is 7.51. The fourth-order valence-corrected chi connectivity index (χ4v) is 3.47. The summed E-state index contributed by atoms with van der Waals surface area (Å²) in [6.07, 6.45) is 2.65. The van der Waals surface area contributed by atoms with Crippen LogP contribution in [0.5, 0.6) is 0 Å². The summed E-state index contributed by atoms with van der Waals surface area (Å²) in [6, 6.07) is 0. The van der Waals surface area contributed by atoms with Crippen molar-refractivity contribution in [2.24, 2.45) is 0 Å². The first-order chi connectivity index (χ1) is 7.99. The molecule has 0 spiro atoms. The fourth-order valence-electron chi connectivity index (χ4n) is 1.22. The van der Waals surface area contributed by atoms with Crippen LogP contribution in [-0.2, 0) is 10.0 Å². The molecule has 0 unspecified atom stereocenters. The number of carboxylic acids is 1. The normalized spacial score (nSPS) is 11.6. The highest BCUT2D eigenvalue weighted by Crippen LogP contribution is 2.19. The van der Waals surface area contributed by atoms with E-state index in [1.807, 2.05) is 6.92 Å². The highest BCUT2D eigenvalue weighted by atomic mass is 32.2. The van der Waals surface area contributed by atoms with Crippen LogP contribution in [0, 0.1) is 0 Å². The molecule has 17 heavy (non-hydrogen) atoms. The van der Waals surface area contributed by atoms with Gasteiger partial charge in [-0.1, -0.05) is 19.8 Å². The van der Waals surface area contributed by atoms with Crippen molar-refractivity contribution in [1.29, 1.82) is 0 Å². The van der Waals surface area contributed by atoms with E-state index in [-0.39, 0.29) is 4.21 Å². The monoisotopic (exact) mass is 278 g/mol. The smallest absolute Gasteiger partial charge is 0.356 e. The van der Waals surface area contributed by atoms with Gasteiger partial charge in [-0.25, -0.2) is 22.9 Å². The molecule has 0 aliphatic heterocycles. The lowest BCUT2D eigenvalue weighted by molar-refractivity contribution is 0.0687. The quantitative estimate of drug-likeness (QED) is 0.733. The number of carbonyl (C=O) groups is 1. The summed E-state index contributed by atoms with van der Waals surface area (Å²) in [4.78, 5) is 14.3. The number of nitrogens with one attached hydrogen (secondary N) is 1. The molecule has 1 heterocycles. The zero-order valence-corrected chi connectivity index (χ0v) is 11.0. The van der Waals surface area contributed by atoms with E-state index in [2.05, 4.69) is 9.71 Å². The molecule has 1 aromatic heterocycles. The Morgan fingerprint density at radius 1 is 1.53 bits per heavy atom. The maximum atomic E-state index is 11.8. The molecule has 0 aliphatic rings. The molecule has 0 saturated heterocycles. The number of carboxylic acid groups (broad SMARTS) is 1. The summed E-state index contributed by atoms with van der Waals surface area (Å²) in [7, 11) is -3.75. The van der Waals surface area contributed by atoms with E-state index in [0.717, 1.165) is 30.6 Å². The van der Waals surface area contributed by atoms with Crippen molar-refractivity contribution in [2.45, 2.75) is 30.4 Å². The molecule has 0 amide bonds. The number of rotatable bonds is 7. The number of aromatic carboxylic acids is 1. The maximum Gasteiger partial charge on any atom is 0.356 e. The van der Waals surface area contributed by atoms with Gasteiger partial charge in [0.05, 0.1) is 5.51 Å². The number of aromatic nitrogens is 1. The van der Waals surface area contributed by atoms with Gasteiger partial charge in [0.25, 0.3) is 10.0 Å². The van der Waals surface area contributed by atoms with Crippen LogP contribution in [0.4, 0.5) is 0 Å². The Labute approximate surface area is 104 Å². The minimum absolute atomic E-state index is 0.235. The number of thiazole rings is 1. The Bertz CT molecular complexity index is 481. The van der Waals surface area contributed by atoms with Crippen molar-refractivity contribution in [2.75, 3.05) is 6.54 Å². The second-order valence-corrected chi connectivity index (χ2v) is 6.22. The van der Waals surface area contributed by atoms with Gasteiger partial charge < -0.3 is 5.11 Å². The Morgan fingerprint density at radius 2 is 2.24 bits per heavy atom. The van der Waals surface area contributed by atoms with E-state index in [0.29, 0.717) is 6.54 Å². The molecule has 0 fully saturated rings. The molecule has 0 radical (unpaired) electrons. The highest BCUT2D eigenvalue weighted by molar-refractivity contribution is 7.91. The second-order valence-electron chi connectivity index (χ2n) is 3.40. The summed E-state index contributed by atoms with van der Waals surface area (Å²) in [5.41, 5.74) is 0.794. The van der Waals surface area contributed by atoms with Gasteiger partial charge >= 0.3 is 5.97 Å². The molecule has 6 nitrogen and oxygen atoms in total. The first kappa shape index (κ1) is 14.1. The standard InChI is InChI=1S/C9H14N2O4S2/c1-2-3-4-5-11-17(14,15)9-7(8(12)13)10-6-16-9/h6,11H,2-5H2,1H3,(H,12,13). The SMILES string of the molecule is CCCCCNS(=O)(=O)c1scnc1C(=O)O. The molecule has 8 heteroatoms. The molecule has 0 atom stereocenters. The van der Waals surface area contributed by atoms with Gasteiger partial charge in [-0.2, -0.15) is 0 Å². The molecule has 1 aromatic rings. The average molecular weight is 278 g/mol. The minimum Gasteiger partial charge on any atom is -0.476 e. The van der Waals surface area contributed by atoms with E-state index in [1.165, 1.54) is 5.51 Å². The number of hydrogen-bond acceptors (Lipinski definition) is 5. The van der Waals surface area contributed by atoms with Gasteiger partial charge in [0, 0.05) is 6.54 Å². The third-order valence-electron chi connectivity index (χ3n) is 2.05. The molecule has 96 valence electrons. The largest absolute Gasteiger partial charge is 0.476 e. The van der Waals surface area contributed by atoms with Crippen molar-refractivity contribution in [3.05, 3.63) is 11.2 Å². The van der Waals surface area contributed by atoms with E-state index in [4.69, 9.17) is 5.11 Å². The van der Waals surface area contributed by atoms with Crippen molar-refractivity contribution in [3.8, 4) is 0 Å². The number of sulfonamides is 1. The summed E-state index contributed by atoms with van der Waals surface area (Å²) < 4.78 is 25.7. The van der Waals surface area contributed by atoms with Crippen LogP contribution in [0.25, 0.3) is 0 Å². The van der Waals surface area contributed by atoms with Gasteiger partial charge in [0.2, 0.25) is 0 Å². The molecule has 0 aromatic carbocycles. The van der Waals surface area contributed by atoms with E-state index >= 15 is 0 Å². The van der Waals surface area contributed by atoms with E-state index < -0.39 is 21.7 Å². The van der Waals surface area contributed by atoms with Crippen LogP contribution in [0.15, 0.2) is 9.72 Å². The number of hydrogen-bond donors (Lipinski definition) is 2. The summed E-state index contributed by atoms with van der Waals surface area (Å²) in [6.45, 7) is 2.33. The predicted molar refractivity (Wildman–Crippen MR) is 63.8 cm³/mol. The van der Waals surface area contributed by atoms with Gasteiger partial charge in [0.1, 0.15) is 0 Å². The van der Waals surface area contributed by atoms with Gasteiger partial charge in [-0.15, -0.1) is 11.3 Å².